The van der Waals surface area contributed by atoms with Crippen LogP contribution in [0.15, 0.2) is 54.6 Å². The first kappa shape index (κ1) is 35.9. The molecule has 11 heteroatoms. The van der Waals surface area contributed by atoms with Crippen LogP contribution in [0.25, 0.3) is 0 Å². The zero-order chi connectivity index (χ0) is 33.5. The van der Waals surface area contributed by atoms with Gasteiger partial charge in [0.1, 0.15) is 18.1 Å². The molecule has 0 radical (unpaired) electrons. The van der Waals surface area contributed by atoms with Crippen LogP contribution in [-0.2, 0) is 44.5 Å². The molecule has 0 spiro atoms. The van der Waals surface area contributed by atoms with E-state index in [4.69, 9.17) is 18.9 Å². The number of rotatable bonds is 16. The Kier molecular flexibility index (Phi) is 12.1. The summed E-state index contributed by atoms with van der Waals surface area (Å²) in [6.07, 6.45) is 0.534. The van der Waals surface area contributed by atoms with Crippen LogP contribution < -0.4 is 0 Å². The minimum Gasteiger partial charge on any atom is -0.481 e. The number of esters is 2. The van der Waals surface area contributed by atoms with E-state index in [9.17, 15) is 34.5 Å². The molecule has 3 N–H and O–H groups in total. The fraction of sp³-hybridized carbons (Fsp3) is 0.588. The second kappa shape index (κ2) is 15.2. The summed E-state index contributed by atoms with van der Waals surface area (Å²) in [5, 5.41) is 31.7. The van der Waals surface area contributed by atoms with E-state index >= 15 is 0 Å². The third-order valence-electron chi connectivity index (χ3n) is 8.83. The lowest BCUT2D eigenvalue weighted by molar-refractivity contribution is -0.322. The molecule has 0 saturated carbocycles. The Hall–Kier alpha value is -3.54. The zero-order valence-electron chi connectivity index (χ0n) is 26.6. The van der Waals surface area contributed by atoms with Gasteiger partial charge in [-0.05, 0) is 42.2 Å². The summed E-state index contributed by atoms with van der Waals surface area (Å²) in [5.74, 6) is -8.29. The lowest BCUT2D eigenvalue weighted by Crippen LogP contribution is -2.61. The molecule has 248 valence electrons. The third-order valence-corrected chi connectivity index (χ3v) is 8.83. The Morgan fingerprint density at radius 1 is 1.13 bits per heavy atom. The van der Waals surface area contributed by atoms with Crippen LogP contribution in [0.5, 0.6) is 0 Å². The molecule has 2 saturated heterocycles. The molecule has 0 aliphatic carbocycles. The number of carbonyl (C=O) groups excluding carboxylic acids is 2. The van der Waals surface area contributed by atoms with Crippen molar-refractivity contribution in [2.24, 2.45) is 23.7 Å². The topological polar surface area (TPSA) is 166 Å². The van der Waals surface area contributed by atoms with Gasteiger partial charge in [-0.25, -0.2) is 9.59 Å². The quantitative estimate of drug-likeness (QED) is 0.135. The number of hydrogen-bond donors (Lipinski definition) is 3. The SMILES string of the molecule is C=C(CC[C@]12OC[C@@H](C(=O)O)[C@](C(=O)O)(O1)C(OC(=O)/C=C/[C@@H](C)C[C@@H](C)CC)[C@H]2O)[C@@H](OC(C)=O)[C@H](C)Cc1ccccc1. The molecule has 2 fully saturated rings. The van der Waals surface area contributed by atoms with Crippen molar-refractivity contribution in [2.45, 2.75) is 96.4 Å². The first-order valence-electron chi connectivity index (χ1n) is 15.4. The highest BCUT2D eigenvalue weighted by molar-refractivity contribution is 5.89. The first-order chi connectivity index (χ1) is 21.2. The number of carbonyl (C=O) groups is 4. The average Bonchev–Trinajstić information content (AvgIpc) is 3.17. The van der Waals surface area contributed by atoms with Crippen molar-refractivity contribution in [2.75, 3.05) is 6.61 Å². The Morgan fingerprint density at radius 3 is 2.38 bits per heavy atom. The zero-order valence-corrected chi connectivity index (χ0v) is 26.6. The van der Waals surface area contributed by atoms with E-state index in [2.05, 4.69) is 20.4 Å². The molecule has 2 aliphatic heterocycles. The third kappa shape index (κ3) is 8.19. The van der Waals surface area contributed by atoms with Gasteiger partial charge in [0.25, 0.3) is 0 Å². The second-order valence-corrected chi connectivity index (χ2v) is 12.5. The van der Waals surface area contributed by atoms with E-state index in [1.54, 1.807) is 6.08 Å². The van der Waals surface area contributed by atoms with Crippen molar-refractivity contribution < 1.29 is 53.4 Å². The maximum Gasteiger partial charge on any atom is 0.341 e. The minimum atomic E-state index is -2.62. The van der Waals surface area contributed by atoms with E-state index in [0.29, 0.717) is 17.9 Å². The summed E-state index contributed by atoms with van der Waals surface area (Å²) in [6.45, 7) is 12.8. The van der Waals surface area contributed by atoms with Gasteiger partial charge >= 0.3 is 23.9 Å². The molecular formula is C34H46O11. The van der Waals surface area contributed by atoms with Gasteiger partial charge in [0, 0.05) is 25.3 Å². The Balaban J connectivity index is 1.85. The summed E-state index contributed by atoms with van der Waals surface area (Å²) in [7, 11) is 0. The summed E-state index contributed by atoms with van der Waals surface area (Å²) in [5.41, 5.74) is -1.13. The van der Waals surface area contributed by atoms with Crippen molar-refractivity contribution in [1.29, 1.82) is 0 Å². The summed E-state index contributed by atoms with van der Waals surface area (Å²) in [4.78, 5) is 49.8. The highest BCUT2D eigenvalue weighted by Gasteiger charge is 2.75. The van der Waals surface area contributed by atoms with Gasteiger partial charge in [-0.2, -0.15) is 0 Å². The molecule has 0 amide bonds. The van der Waals surface area contributed by atoms with Crippen LogP contribution in [0.3, 0.4) is 0 Å². The Morgan fingerprint density at radius 2 is 1.80 bits per heavy atom. The first-order valence-corrected chi connectivity index (χ1v) is 15.4. The highest BCUT2D eigenvalue weighted by Crippen LogP contribution is 2.52. The molecule has 0 aromatic heterocycles. The molecule has 1 aromatic carbocycles. The average molecular weight is 631 g/mol. The number of benzene rings is 1. The van der Waals surface area contributed by atoms with Crippen LogP contribution in [-0.4, -0.2) is 75.5 Å². The van der Waals surface area contributed by atoms with E-state index in [0.717, 1.165) is 24.5 Å². The van der Waals surface area contributed by atoms with Gasteiger partial charge in [0.2, 0.25) is 5.60 Å². The number of aliphatic hydroxyl groups excluding tert-OH is 1. The van der Waals surface area contributed by atoms with Crippen molar-refractivity contribution in [3.05, 3.63) is 60.2 Å². The van der Waals surface area contributed by atoms with Gasteiger partial charge in [-0.1, -0.05) is 77.1 Å². The maximum atomic E-state index is 12.9. The molecule has 9 atom stereocenters. The van der Waals surface area contributed by atoms with Crippen molar-refractivity contribution in [3.63, 3.8) is 0 Å². The van der Waals surface area contributed by atoms with Crippen LogP contribution in [0.2, 0.25) is 0 Å². The van der Waals surface area contributed by atoms with Gasteiger partial charge in [-0.3, -0.25) is 9.59 Å². The summed E-state index contributed by atoms with van der Waals surface area (Å²) >= 11 is 0. The van der Waals surface area contributed by atoms with E-state index in [-0.39, 0.29) is 24.7 Å². The van der Waals surface area contributed by atoms with Crippen LogP contribution in [0, 0.1) is 23.7 Å². The standard InChI is InChI=1S/C34H46O11/c1-7-20(2)17-21(3)13-14-27(36)44-30-29(37)33(42-19-26(31(38)39)34(30,45-33)32(40)41)16-15-22(4)28(43-24(6)35)23(5)18-25-11-9-8-10-12-25/h8-14,20-21,23,26,28-30,37H,4,7,15-19H2,1-3,5-6H3,(H,38,39)(H,40,41)/b14-13+/t20-,21+,23+,26-,28+,29+,30?,33-,34-/m0/s1. The molecule has 3 rings (SSSR count). The minimum absolute atomic E-state index is 0.0202. The monoisotopic (exact) mass is 630 g/mol. The van der Waals surface area contributed by atoms with Gasteiger partial charge < -0.3 is 34.3 Å². The summed E-state index contributed by atoms with van der Waals surface area (Å²) in [6, 6.07) is 9.61. The number of fused-ring (bicyclic) bond motifs is 2. The van der Waals surface area contributed by atoms with Crippen molar-refractivity contribution in [1.82, 2.24) is 0 Å². The number of hydrogen-bond acceptors (Lipinski definition) is 9. The summed E-state index contributed by atoms with van der Waals surface area (Å²) < 4.78 is 22.8. The normalized spacial score (nSPS) is 28.5. The number of aliphatic carboxylic acids is 2. The molecule has 1 aromatic rings. The molecule has 11 nitrogen and oxygen atoms in total. The smallest absolute Gasteiger partial charge is 0.341 e. The van der Waals surface area contributed by atoms with Gasteiger partial charge in [0.15, 0.2) is 11.9 Å². The van der Waals surface area contributed by atoms with Gasteiger partial charge in [0.05, 0.1) is 6.61 Å². The van der Waals surface area contributed by atoms with Crippen molar-refractivity contribution >= 4 is 23.9 Å². The molecule has 2 bridgehead atoms. The second-order valence-electron chi connectivity index (χ2n) is 12.5. The number of carboxylic acids is 2. The maximum absolute atomic E-state index is 12.9. The lowest BCUT2D eigenvalue weighted by atomic mass is 9.82. The largest absolute Gasteiger partial charge is 0.481 e. The number of allylic oxidation sites excluding steroid dienone is 1. The molecule has 45 heavy (non-hydrogen) atoms. The van der Waals surface area contributed by atoms with E-state index in [1.807, 2.05) is 44.2 Å². The predicted molar refractivity (Wildman–Crippen MR) is 163 cm³/mol. The number of aliphatic hydroxyl groups is 1. The van der Waals surface area contributed by atoms with Crippen LogP contribution >= 0.6 is 0 Å². The highest BCUT2D eigenvalue weighted by atomic mass is 16.8. The molecule has 1 unspecified atom stereocenters. The van der Waals surface area contributed by atoms with Crippen LogP contribution in [0.1, 0.15) is 65.9 Å². The van der Waals surface area contributed by atoms with Crippen LogP contribution in [0.4, 0.5) is 0 Å². The molecule has 2 aliphatic rings. The number of carboxylic acid groups (broad SMARTS) is 2. The van der Waals surface area contributed by atoms with Crippen molar-refractivity contribution in [3.8, 4) is 0 Å². The predicted octanol–water partition coefficient (Wildman–Crippen LogP) is 4.32. The Labute approximate surface area is 264 Å². The lowest BCUT2D eigenvalue weighted by Gasteiger charge is -2.41. The van der Waals surface area contributed by atoms with E-state index in [1.165, 1.54) is 6.92 Å². The molecule has 2 heterocycles. The fourth-order valence-electron chi connectivity index (χ4n) is 6.23. The van der Waals surface area contributed by atoms with E-state index < -0.39 is 66.1 Å². The Bertz CT molecular complexity index is 1260. The van der Waals surface area contributed by atoms with Gasteiger partial charge in [-0.15, -0.1) is 0 Å². The number of ether oxygens (including phenoxy) is 4. The fourth-order valence-corrected chi connectivity index (χ4v) is 6.23. The molecular weight excluding hydrogens is 584 g/mol.